The van der Waals surface area contributed by atoms with Crippen molar-refractivity contribution in [2.75, 3.05) is 0 Å². The third kappa shape index (κ3) is 3.39. The topological polar surface area (TPSA) is 53.8 Å². The van der Waals surface area contributed by atoms with E-state index in [4.69, 9.17) is 4.78 Å². The first-order chi connectivity index (χ1) is 10.1. The Bertz CT molecular complexity index is 758. The molecule has 3 nitrogen and oxygen atoms in total. The first-order valence-electron chi connectivity index (χ1n) is 7.08. The van der Waals surface area contributed by atoms with Crippen molar-refractivity contribution >= 4 is 15.8 Å². The van der Waals surface area contributed by atoms with E-state index < -0.39 is 9.73 Å². The predicted octanol–water partition coefficient (Wildman–Crippen LogP) is 4.25. The van der Waals surface area contributed by atoms with Gasteiger partial charge in [-0.15, -0.1) is 0 Å². The molecule has 1 unspecified atom stereocenters. The van der Waals surface area contributed by atoms with Gasteiger partial charge in [-0.05, 0) is 48.6 Å². The van der Waals surface area contributed by atoms with E-state index in [0.717, 1.165) is 24.0 Å². The van der Waals surface area contributed by atoms with Crippen LogP contribution >= 0.6 is 0 Å². The molecule has 21 heavy (non-hydrogen) atoms. The predicted molar refractivity (Wildman–Crippen MR) is 85.3 cm³/mol. The highest BCUT2D eigenvalue weighted by molar-refractivity contribution is 7.91. The van der Waals surface area contributed by atoms with E-state index in [0.29, 0.717) is 4.90 Å². The molecule has 0 bridgehead atoms. The molecule has 1 aliphatic rings. The van der Waals surface area contributed by atoms with E-state index in [1.54, 1.807) is 18.5 Å². The first kappa shape index (κ1) is 14.0. The number of rotatable bonds is 4. The summed E-state index contributed by atoms with van der Waals surface area (Å²) in [5, 5.41) is 0. The molecule has 2 aromatic rings. The van der Waals surface area contributed by atoms with E-state index in [9.17, 15) is 4.21 Å². The Morgan fingerprint density at radius 2 is 2.10 bits per heavy atom. The zero-order chi connectivity index (χ0) is 14.7. The third-order valence-electron chi connectivity index (χ3n) is 3.70. The van der Waals surface area contributed by atoms with Crippen molar-refractivity contribution in [3.8, 4) is 0 Å². The molecular formula is C17H18N2OS. The summed E-state index contributed by atoms with van der Waals surface area (Å²) >= 11 is 0. The Morgan fingerprint density at radius 3 is 2.76 bits per heavy atom. The smallest absolute Gasteiger partial charge is 0.0768 e. The molecule has 4 heteroatoms. The first-order valence-corrected chi connectivity index (χ1v) is 8.81. The standard InChI is InChI=1S/C17H18N2OS/c18-21(20,13-16-7-3-9-19-12-16)17-8-2-6-15(11-17)10-14-4-1-5-14/h2-3,6-12,18H,1,4-5,13H2. The molecule has 108 valence electrons. The Hall–Kier alpha value is -1.94. The normalized spacial score (nSPS) is 16.9. The van der Waals surface area contributed by atoms with E-state index in [1.807, 2.05) is 30.3 Å². The van der Waals surface area contributed by atoms with Gasteiger partial charge < -0.3 is 0 Å². The zero-order valence-electron chi connectivity index (χ0n) is 11.8. The number of aromatic nitrogens is 1. The molecule has 1 N–H and O–H groups in total. The van der Waals surface area contributed by atoms with Crippen molar-refractivity contribution in [1.82, 2.24) is 4.98 Å². The summed E-state index contributed by atoms with van der Waals surface area (Å²) in [5.74, 6) is 0.209. The van der Waals surface area contributed by atoms with Crippen molar-refractivity contribution in [2.45, 2.75) is 29.9 Å². The molecule has 1 heterocycles. The van der Waals surface area contributed by atoms with Crippen LogP contribution in [0.25, 0.3) is 6.08 Å². The number of nitrogens with zero attached hydrogens (tertiary/aromatic N) is 1. The minimum Gasteiger partial charge on any atom is -0.264 e. The summed E-state index contributed by atoms with van der Waals surface area (Å²) < 4.78 is 20.9. The van der Waals surface area contributed by atoms with Gasteiger partial charge in [0.1, 0.15) is 0 Å². The number of allylic oxidation sites excluding steroid dienone is 1. The van der Waals surface area contributed by atoms with Gasteiger partial charge in [0, 0.05) is 17.3 Å². The Kier molecular flexibility index (Phi) is 3.88. The lowest BCUT2D eigenvalue weighted by Gasteiger charge is -2.16. The van der Waals surface area contributed by atoms with Crippen LogP contribution in [-0.2, 0) is 15.5 Å². The van der Waals surface area contributed by atoms with Gasteiger partial charge in [-0.3, -0.25) is 4.98 Å². The Morgan fingerprint density at radius 1 is 1.24 bits per heavy atom. The van der Waals surface area contributed by atoms with Crippen molar-refractivity contribution in [1.29, 1.82) is 4.78 Å². The van der Waals surface area contributed by atoms with Gasteiger partial charge in [-0.1, -0.05) is 29.8 Å². The van der Waals surface area contributed by atoms with Crippen LogP contribution in [0.1, 0.15) is 30.4 Å². The fraction of sp³-hybridized carbons (Fsp3) is 0.235. The second-order valence-electron chi connectivity index (χ2n) is 5.41. The maximum atomic E-state index is 12.7. The van der Waals surface area contributed by atoms with E-state index in [2.05, 4.69) is 11.1 Å². The molecule has 1 aromatic carbocycles. The highest BCUT2D eigenvalue weighted by atomic mass is 32.2. The fourth-order valence-corrected chi connectivity index (χ4v) is 3.80. The van der Waals surface area contributed by atoms with E-state index in [1.165, 1.54) is 12.0 Å². The summed E-state index contributed by atoms with van der Waals surface area (Å²) in [6, 6.07) is 11.2. The molecule has 1 aliphatic carbocycles. The van der Waals surface area contributed by atoms with Crippen LogP contribution < -0.4 is 0 Å². The van der Waals surface area contributed by atoms with Crippen molar-refractivity contribution in [3.63, 3.8) is 0 Å². The number of nitrogens with one attached hydrogen (secondary N) is 1. The molecule has 1 fully saturated rings. The number of hydrogen-bond acceptors (Lipinski definition) is 3. The summed E-state index contributed by atoms with van der Waals surface area (Å²) in [6.45, 7) is 0. The summed E-state index contributed by atoms with van der Waals surface area (Å²) in [6.07, 6.45) is 9.11. The molecule has 3 rings (SSSR count). The maximum absolute atomic E-state index is 12.7. The maximum Gasteiger partial charge on any atom is 0.0768 e. The van der Waals surface area contributed by atoms with Gasteiger partial charge in [0.2, 0.25) is 0 Å². The number of pyridine rings is 1. The SMILES string of the molecule is N=S(=O)(Cc1cccnc1)c1cccc(C=C2CCC2)c1. The van der Waals surface area contributed by atoms with Crippen molar-refractivity contribution in [3.05, 3.63) is 65.5 Å². The molecule has 0 saturated heterocycles. The summed E-state index contributed by atoms with van der Waals surface area (Å²) in [7, 11) is -2.83. The lowest BCUT2D eigenvalue weighted by Crippen LogP contribution is -2.04. The van der Waals surface area contributed by atoms with E-state index >= 15 is 0 Å². The fourth-order valence-electron chi connectivity index (χ4n) is 2.37. The van der Waals surface area contributed by atoms with Gasteiger partial charge in [-0.25, -0.2) is 8.99 Å². The second-order valence-corrected chi connectivity index (χ2v) is 7.52. The molecule has 1 atom stereocenters. The third-order valence-corrected chi connectivity index (χ3v) is 5.45. The molecule has 0 amide bonds. The van der Waals surface area contributed by atoms with Crippen LogP contribution in [0.4, 0.5) is 0 Å². The molecule has 0 aliphatic heterocycles. The largest absolute Gasteiger partial charge is 0.264 e. The average molecular weight is 298 g/mol. The molecule has 1 aromatic heterocycles. The van der Waals surface area contributed by atoms with Gasteiger partial charge in [0.05, 0.1) is 15.5 Å². The van der Waals surface area contributed by atoms with Crippen molar-refractivity contribution in [2.24, 2.45) is 0 Å². The number of hydrogen-bond donors (Lipinski definition) is 1. The average Bonchev–Trinajstić information content (AvgIpc) is 2.44. The van der Waals surface area contributed by atoms with Crippen LogP contribution in [0.2, 0.25) is 0 Å². The molecule has 1 saturated carbocycles. The zero-order valence-corrected chi connectivity index (χ0v) is 12.6. The summed E-state index contributed by atoms with van der Waals surface area (Å²) in [4.78, 5) is 4.62. The lowest BCUT2D eigenvalue weighted by atomic mass is 9.91. The summed E-state index contributed by atoms with van der Waals surface area (Å²) in [5.41, 5.74) is 3.32. The Labute approximate surface area is 125 Å². The molecular weight excluding hydrogens is 280 g/mol. The highest BCUT2D eigenvalue weighted by Crippen LogP contribution is 2.28. The van der Waals surface area contributed by atoms with Gasteiger partial charge in [0.25, 0.3) is 0 Å². The van der Waals surface area contributed by atoms with Gasteiger partial charge in [-0.2, -0.15) is 0 Å². The second kappa shape index (κ2) is 5.82. The van der Waals surface area contributed by atoms with Crippen molar-refractivity contribution < 1.29 is 4.21 Å². The monoisotopic (exact) mass is 298 g/mol. The van der Waals surface area contributed by atoms with Crippen LogP contribution in [0, 0.1) is 4.78 Å². The molecule has 0 spiro atoms. The minimum atomic E-state index is -2.83. The lowest BCUT2D eigenvalue weighted by molar-refractivity contribution is 0.669. The number of benzene rings is 1. The highest BCUT2D eigenvalue weighted by Gasteiger charge is 2.13. The van der Waals surface area contributed by atoms with Crippen LogP contribution in [0.15, 0.2) is 59.3 Å². The van der Waals surface area contributed by atoms with E-state index in [-0.39, 0.29) is 5.75 Å². The minimum absolute atomic E-state index is 0.209. The quantitative estimate of drug-likeness (QED) is 0.917. The Balaban J connectivity index is 1.86. The van der Waals surface area contributed by atoms with Crippen LogP contribution in [-0.4, -0.2) is 9.19 Å². The van der Waals surface area contributed by atoms with Gasteiger partial charge >= 0.3 is 0 Å². The van der Waals surface area contributed by atoms with Crippen LogP contribution in [0.5, 0.6) is 0 Å². The van der Waals surface area contributed by atoms with Gasteiger partial charge in [0.15, 0.2) is 0 Å². The van der Waals surface area contributed by atoms with Crippen LogP contribution in [0.3, 0.4) is 0 Å². The molecule has 0 radical (unpaired) electrons.